The molecule has 6 rings (SSSR count). The number of aliphatic hydroxyl groups is 1. The Morgan fingerprint density at radius 1 is 1.00 bits per heavy atom. The number of carbonyl (C=O) groups is 8. The van der Waals surface area contributed by atoms with E-state index >= 15 is 0 Å². The number of hydrogen-bond acceptors (Lipinski definition) is 16. The summed E-state index contributed by atoms with van der Waals surface area (Å²) < 4.78 is 34.9. The molecule has 27 heteroatoms. The Labute approximate surface area is 521 Å². The molecule has 2 fully saturated rings. The summed E-state index contributed by atoms with van der Waals surface area (Å²) in [5.41, 5.74) is 4.57. The summed E-state index contributed by atoms with van der Waals surface area (Å²) in [6.45, 7) is 9.13. The maximum atomic E-state index is 14.6. The number of fused-ring (bicyclic) bond motifs is 6. The number of carbonyl (C=O) groups excluding carboxylic acids is 8. The predicted octanol–water partition coefficient (Wildman–Crippen LogP) is 7.44. The highest BCUT2D eigenvalue weighted by Gasteiger charge is 2.64. The number of halogens is 3. The van der Waals surface area contributed by atoms with Crippen molar-refractivity contribution in [1.29, 1.82) is 0 Å². The number of unbranched alkanes of at least 4 members (excludes halogenated alkanes) is 2. The van der Waals surface area contributed by atoms with Crippen LogP contribution in [0.4, 0.5) is 31.4 Å². The number of hydrogen-bond donors (Lipinski definition) is 8. The second kappa shape index (κ2) is 31.4. The first kappa shape index (κ1) is 68.5. The number of alkyl halides is 2. The smallest absolute Gasteiger partial charge is 0.412 e. The third kappa shape index (κ3) is 18.0. The van der Waals surface area contributed by atoms with E-state index in [2.05, 4.69) is 68.7 Å². The lowest BCUT2D eigenvalue weighted by Crippen LogP contribution is -2.63. The number of rotatable bonds is 23. The van der Waals surface area contributed by atoms with Crippen molar-refractivity contribution < 1.29 is 71.9 Å². The molecule has 3 aromatic rings. The van der Waals surface area contributed by atoms with Gasteiger partial charge in [0, 0.05) is 61.7 Å². The molecule has 470 valence electrons. The van der Waals surface area contributed by atoms with E-state index in [1.165, 1.54) is 44.5 Å². The normalized spacial score (nSPS) is 23.9. The van der Waals surface area contributed by atoms with E-state index < -0.39 is 102 Å². The maximum absolute atomic E-state index is 14.6. The van der Waals surface area contributed by atoms with Gasteiger partial charge in [-0.05, 0) is 100 Å². The van der Waals surface area contributed by atoms with Gasteiger partial charge in [0.2, 0.25) is 23.6 Å². The third-order valence-corrected chi connectivity index (χ3v) is 17.3. The number of primary amides is 1. The van der Waals surface area contributed by atoms with E-state index in [4.69, 9.17) is 45.8 Å². The fourth-order valence-electron chi connectivity index (χ4n) is 10.3. The first-order chi connectivity index (χ1) is 40.9. The first-order valence-corrected chi connectivity index (χ1v) is 30.9. The Balaban J connectivity index is 1.21. The molecule has 24 nitrogen and oxygen atoms in total. The summed E-state index contributed by atoms with van der Waals surface area (Å²) >= 11 is 13.5. The molecule has 2 saturated heterocycles. The van der Waals surface area contributed by atoms with Crippen LogP contribution in [0.5, 0.6) is 5.75 Å². The van der Waals surface area contributed by atoms with Crippen LogP contribution >= 0.6 is 43.5 Å². The van der Waals surface area contributed by atoms with Crippen LogP contribution in [0.2, 0.25) is 5.02 Å². The number of aromatic nitrogens is 1. The van der Waals surface area contributed by atoms with Gasteiger partial charge in [-0.2, -0.15) is 0 Å². The Morgan fingerprint density at radius 3 is 2.42 bits per heavy atom. The lowest BCUT2D eigenvalue weighted by molar-refractivity contribution is -0.147. The number of methoxy groups -OCH3 is 2. The van der Waals surface area contributed by atoms with Crippen LogP contribution in [0.25, 0.3) is 10.9 Å². The number of ether oxygens (including phenoxy) is 6. The van der Waals surface area contributed by atoms with E-state index in [9.17, 15) is 43.5 Å². The van der Waals surface area contributed by atoms with Crippen LogP contribution in [0, 0.1) is 17.8 Å². The van der Waals surface area contributed by atoms with Gasteiger partial charge in [-0.25, -0.2) is 14.4 Å². The van der Waals surface area contributed by atoms with Crippen molar-refractivity contribution in [2.24, 2.45) is 23.5 Å². The number of allylic oxidation sites excluding steroid dienone is 3. The molecule has 0 aliphatic carbocycles. The van der Waals surface area contributed by atoms with E-state index in [0.717, 1.165) is 11.1 Å². The van der Waals surface area contributed by atoms with Crippen LogP contribution in [-0.4, -0.2) is 151 Å². The summed E-state index contributed by atoms with van der Waals surface area (Å²) in [6, 6.07) is 6.81. The van der Waals surface area contributed by atoms with Crippen LogP contribution in [0.15, 0.2) is 66.4 Å². The van der Waals surface area contributed by atoms with Gasteiger partial charge in [-0.3, -0.25) is 39.6 Å². The number of esters is 1. The lowest BCUT2D eigenvalue weighted by Gasteiger charge is -2.42. The van der Waals surface area contributed by atoms with Gasteiger partial charge in [0.05, 0.1) is 54.7 Å². The lowest BCUT2D eigenvalue weighted by atomic mass is 9.83. The zero-order chi connectivity index (χ0) is 63.0. The number of nitrogens with zero attached hydrogens (tertiary/aromatic N) is 2. The molecular formula is C59H78Br2ClN9O15. The number of alkyl carbamates (subject to hydrolysis) is 1. The molecule has 9 N–H and O–H groups in total. The van der Waals surface area contributed by atoms with E-state index in [1.807, 2.05) is 13.0 Å². The molecular weight excluding hydrogens is 1270 g/mol. The van der Waals surface area contributed by atoms with Crippen molar-refractivity contribution >= 4 is 119 Å². The van der Waals surface area contributed by atoms with Gasteiger partial charge in [0.1, 0.15) is 46.8 Å². The highest BCUT2D eigenvalue weighted by Crippen LogP contribution is 2.49. The molecule has 3 aliphatic rings. The van der Waals surface area contributed by atoms with Gasteiger partial charge in [0.25, 0.3) is 0 Å². The Hall–Kier alpha value is -6.58. The number of anilines is 3. The Morgan fingerprint density at radius 2 is 1.73 bits per heavy atom. The van der Waals surface area contributed by atoms with Crippen LogP contribution in [0.3, 0.4) is 0 Å². The van der Waals surface area contributed by atoms with Crippen molar-refractivity contribution in [2.45, 2.75) is 140 Å². The summed E-state index contributed by atoms with van der Waals surface area (Å²) in [5, 5.41) is 29.6. The Bertz CT molecular complexity index is 3020. The molecule has 4 bridgehead atoms. The highest BCUT2D eigenvalue weighted by atomic mass is 79.9. The fraction of sp³-hybridized carbons (Fsp3) is 0.542. The number of amides is 8. The standard InChI is InChI=1S/C59H78Br2ClN9O15/c1-32(2)49(69-46(72)19-10-9-11-24-83-54(76)36(30-60)31-61)53(75)67-40(17-14-23-65-55(63)77)52(74)66-38-20-21-39(50-37(38)16-13-22-64-50)68-56(78)85-45-28-47(73)71(6)41-26-35(27-42(81-7)48(41)62)25-33(3)15-12-18-44(82-8)59(80)29-43(84-57(79)70-59)34(4)51-58(45,5)86-51/h12-13,15-16,18,20-22,26-27,32,34,36,40,43-45,49,51,80H,9-11,14,17,19,23-25,28-31H2,1-8H3,(H,66,74)(H,67,75)(H,68,78)(H,69,72)(H,70,79)(H3,63,65,77)/b18-12+,33-15+/t34-,40+,43+,44-,45+,49+,51+,58+,59+/m1/s1. The molecule has 4 heterocycles. The SMILES string of the molecule is COc1cc2cc(c1Cl)N(C)C(=O)C[C@H](OC(=O)Nc1ccc(NC(=O)[C@H](CCCNC(N)=O)NC(=O)[C@@H](NC(=O)CCCCCOC(=O)C(CBr)CBr)C(C)C)c3cccnc13)[C@]1(C)O[C@H]1[C@H](C)[C@@H]1C[C@@](O)(NC(=O)O1)[C@H](OC)/C=C/C=C(\C)C2. The van der Waals surface area contributed by atoms with Crippen molar-refractivity contribution in [1.82, 2.24) is 26.3 Å². The van der Waals surface area contributed by atoms with Crippen LogP contribution in [-0.2, 0) is 54.1 Å². The average molecular weight is 1350 g/mol. The second-order valence-electron chi connectivity index (χ2n) is 22.1. The van der Waals surface area contributed by atoms with E-state index in [0.29, 0.717) is 53.2 Å². The van der Waals surface area contributed by atoms with Gasteiger partial charge >= 0.3 is 24.2 Å². The molecule has 1 aromatic heterocycles. The van der Waals surface area contributed by atoms with Crippen molar-refractivity contribution in [2.75, 3.05) is 60.6 Å². The van der Waals surface area contributed by atoms with Gasteiger partial charge < -0.3 is 65.4 Å². The van der Waals surface area contributed by atoms with Crippen molar-refractivity contribution in [3.63, 3.8) is 0 Å². The number of nitrogens with one attached hydrogen (secondary N) is 6. The van der Waals surface area contributed by atoms with Gasteiger partial charge in [0.15, 0.2) is 5.72 Å². The summed E-state index contributed by atoms with van der Waals surface area (Å²) in [4.78, 5) is 113. The zero-order valence-electron chi connectivity index (χ0n) is 49.4. The zero-order valence-corrected chi connectivity index (χ0v) is 53.4. The topological polar surface area (TPSA) is 330 Å². The summed E-state index contributed by atoms with van der Waals surface area (Å²) in [5.74, 6) is -3.50. The van der Waals surface area contributed by atoms with Gasteiger partial charge in [-0.15, -0.1) is 0 Å². The predicted molar refractivity (Wildman–Crippen MR) is 329 cm³/mol. The number of nitrogens with two attached hydrogens (primary N) is 1. The van der Waals surface area contributed by atoms with E-state index in [-0.39, 0.29) is 78.5 Å². The largest absolute Gasteiger partial charge is 0.495 e. The number of epoxide rings is 1. The van der Waals surface area contributed by atoms with E-state index in [1.54, 1.807) is 64.1 Å². The molecule has 8 amide bonds. The number of pyridine rings is 1. The average Bonchev–Trinajstić information content (AvgIpc) is 1.69. The summed E-state index contributed by atoms with van der Waals surface area (Å²) in [7, 11) is 4.40. The molecule has 2 aromatic carbocycles. The molecule has 0 saturated carbocycles. The number of benzene rings is 2. The Kier molecular flexibility index (Phi) is 25.0. The van der Waals surface area contributed by atoms with Crippen LogP contribution < -0.4 is 47.3 Å². The molecule has 9 atom stereocenters. The fourth-order valence-corrected chi connectivity index (χ4v) is 12.2. The third-order valence-electron chi connectivity index (χ3n) is 15.3. The molecule has 0 spiro atoms. The van der Waals surface area contributed by atoms with Crippen molar-refractivity contribution in [3.8, 4) is 5.75 Å². The van der Waals surface area contributed by atoms with Crippen molar-refractivity contribution in [3.05, 3.63) is 77.0 Å². The second-order valence-corrected chi connectivity index (χ2v) is 23.8. The minimum atomic E-state index is -1.91. The minimum Gasteiger partial charge on any atom is -0.495 e. The van der Waals surface area contributed by atoms with Gasteiger partial charge in [-0.1, -0.05) is 88.0 Å². The molecule has 3 aliphatic heterocycles. The monoisotopic (exact) mass is 1350 g/mol. The maximum Gasteiger partial charge on any atom is 0.412 e. The molecule has 0 unspecified atom stereocenters. The molecule has 0 radical (unpaired) electrons. The van der Waals surface area contributed by atoms with Crippen LogP contribution in [0.1, 0.15) is 91.5 Å². The summed E-state index contributed by atoms with van der Waals surface area (Å²) in [6.07, 6.45) is 2.54. The molecule has 86 heavy (non-hydrogen) atoms. The number of urea groups is 1. The highest BCUT2D eigenvalue weighted by molar-refractivity contribution is 9.09. The first-order valence-electron chi connectivity index (χ1n) is 28.3. The quantitative estimate of drug-likeness (QED) is 0.0150. The minimum absolute atomic E-state index is 0.0403.